The zero-order valence-electron chi connectivity index (χ0n) is 15.0. The summed E-state index contributed by atoms with van der Waals surface area (Å²) in [5, 5.41) is 0. The summed E-state index contributed by atoms with van der Waals surface area (Å²) in [5.74, 6) is 8.06. The van der Waals surface area contributed by atoms with Gasteiger partial charge >= 0.3 is 0 Å². The lowest BCUT2D eigenvalue weighted by atomic mass is 10.1. The third-order valence-electron chi connectivity index (χ3n) is 3.59. The molecule has 0 aromatic carbocycles. The molecule has 0 radical (unpaired) electrons. The average molecular weight is 315 g/mol. The van der Waals surface area contributed by atoms with E-state index in [0.29, 0.717) is 0 Å². The summed E-state index contributed by atoms with van der Waals surface area (Å²) in [7, 11) is 4.07. The van der Waals surface area contributed by atoms with Gasteiger partial charge in [-0.3, -0.25) is 16.5 Å². The second-order valence-electron chi connectivity index (χ2n) is 5.81. The molecule has 5 nitrogen and oxygen atoms in total. The Balaban J connectivity index is 0. The van der Waals surface area contributed by atoms with Crippen LogP contribution in [0.4, 0.5) is 0 Å². The van der Waals surface area contributed by atoms with Crippen LogP contribution >= 0.6 is 0 Å². The van der Waals surface area contributed by atoms with E-state index in [-0.39, 0.29) is 5.91 Å². The molecule has 0 aliphatic rings. The predicted octanol–water partition coefficient (Wildman–Crippen LogP) is 2.52. The Labute approximate surface area is 137 Å². The number of amides is 1. The van der Waals surface area contributed by atoms with Crippen molar-refractivity contribution in [2.75, 3.05) is 33.7 Å². The van der Waals surface area contributed by atoms with Crippen LogP contribution in [0, 0.1) is 0 Å². The Bertz CT molecular complexity index is 257. The molecule has 0 saturated heterocycles. The van der Waals surface area contributed by atoms with Gasteiger partial charge in [0.1, 0.15) is 0 Å². The van der Waals surface area contributed by atoms with Crippen LogP contribution in [-0.2, 0) is 4.79 Å². The lowest BCUT2D eigenvalue weighted by Gasteiger charge is -2.23. The van der Waals surface area contributed by atoms with Gasteiger partial charge in [-0.15, -0.1) is 0 Å². The predicted molar refractivity (Wildman–Crippen MR) is 96.3 cm³/mol. The molecule has 132 valence electrons. The van der Waals surface area contributed by atoms with Crippen molar-refractivity contribution in [3.05, 3.63) is 12.7 Å². The molecule has 5 heteroatoms. The molecule has 1 amide bonds. The topological polar surface area (TPSA) is 75.6 Å². The zero-order valence-corrected chi connectivity index (χ0v) is 15.0. The molecule has 0 atom stereocenters. The summed E-state index contributed by atoms with van der Waals surface area (Å²) in [6.07, 6.45) is 11.8. The number of nitrogens with zero attached hydrogens (tertiary/aromatic N) is 2. The van der Waals surface area contributed by atoms with Gasteiger partial charge in [-0.2, -0.15) is 0 Å². The summed E-state index contributed by atoms with van der Waals surface area (Å²) in [6.45, 7) is 8.42. The van der Waals surface area contributed by atoms with E-state index in [1.807, 2.05) is 19.0 Å². The molecular weight excluding hydrogens is 276 g/mol. The Morgan fingerprint density at radius 3 is 1.86 bits per heavy atom. The van der Waals surface area contributed by atoms with Crippen molar-refractivity contribution < 1.29 is 4.79 Å². The van der Waals surface area contributed by atoms with Gasteiger partial charge in [0.2, 0.25) is 5.91 Å². The number of hydrogen-bond donors (Lipinski definition) is 2. The van der Waals surface area contributed by atoms with Gasteiger partial charge in [0, 0.05) is 19.6 Å². The lowest BCUT2D eigenvalue weighted by molar-refractivity contribution is -0.126. The van der Waals surface area contributed by atoms with E-state index in [1.54, 1.807) is 0 Å². The molecule has 0 unspecified atom stereocenters. The first-order valence-electron chi connectivity index (χ1n) is 8.51. The van der Waals surface area contributed by atoms with Crippen molar-refractivity contribution in [2.24, 2.45) is 11.7 Å². The van der Waals surface area contributed by atoms with E-state index < -0.39 is 0 Å². The van der Waals surface area contributed by atoms with Crippen LogP contribution in [0.15, 0.2) is 12.7 Å². The fourth-order valence-corrected chi connectivity index (χ4v) is 2.22. The number of nitrogens with two attached hydrogens (primary N) is 2. The molecule has 0 fully saturated rings. The molecule has 0 aromatic rings. The zero-order chi connectivity index (χ0) is 17.2. The standard InChI is InChI=1S/C17H34N2O.H4N2/c1-5-7-8-9-10-11-12-13-14-19(17(20)6-2)16-15-18(3)4;1-2/h6H,2,5,7-16H2,1,3-4H3;1-2H2. The smallest absolute Gasteiger partial charge is 0.245 e. The highest BCUT2D eigenvalue weighted by atomic mass is 16.2. The van der Waals surface area contributed by atoms with Crippen LogP contribution in [0.5, 0.6) is 0 Å². The maximum Gasteiger partial charge on any atom is 0.245 e. The van der Waals surface area contributed by atoms with Crippen molar-refractivity contribution in [1.82, 2.24) is 9.80 Å². The normalized spacial score (nSPS) is 10.1. The van der Waals surface area contributed by atoms with Crippen LogP contribution in [0.2, 0.25) is 0 Å². The minimum atomic E-state index is 0.0646. The van der Waals surface area contributed by atoms with Crippen LogP contribution in [0.25, 0.3) is 0 Å². The maximum atomic E-state index is 11.8. The molecule has 0 aromatic heterocycles. The summed E-state index contributed by atoms with van der Waals surface area (Å²) in [6, 6.07) is 0. The molecule has 0 aliphatic heterocycles. The number of hydrogen-bond acceptors (Lipinski definition) is 4. The third-order valence-corrected chi connectivity index (χ3v) is 3.59. The first-order chi connectivity index (χ1) is 10.6. The van der Waals surface area contributed by atoms with Gasteiger partial charge in [0.25, 0.3) is 0 Å². The second kappa shape index (κ2) is 18.1. The highest BCUT2D eigenvalue weighted by Gasteiger charge is 2.09. The average Bonchev–Trinajstić information content (AvgIpc) is 2.53. The van der Waals surface area contributed by atoms with E-state index in [4.69, 9.17) is 0 Å². The summed E-state index contributed by atoms with van der Waals surface area (Å²) in [4.78, 5) is 15.8. The Hall–Kier alpha value is -0.910. The van der Waals surface area contributed by atoms with E-state index in [2.05, 4.69) is 30.1 Å². The van der Waals surface area contributed by atoms with Crippen LogP contribution < -0.4 is 11.7 Å². The number of carbonyl (C=O) groups is 1. The highest BCUT2D eigenvalue weighted by Crippen LogP contribution is 2.09. The molecule has 0 heterocycles. The van der Waals surface area contributed by atoms with E-state index in [9.17, 15) is 4.79 Å². The Kier molecular flexibility index (Phi) is 19.3. The Morgan fingerprint density at radius 2 is 1.41 bits per heavy atom. The lowest BCUT2D eigenvalue weighted by Crippen LogP contribution is -2.36. The molecule has 0 bridgehead atoms. The quantitative estimate of drug-likeness (QED) is 0.237. The number of rotatable bonds is 13. The van der Waals surface area contributed by atoms with Crippen LogP contribution in [0.3, 0.4) is 0 Å². The molecule has 22 heavy (non-hydrogen) atoms. The van der Waals surface area contributed by atoms with Gasteiger partial charge in [0.05, 0.1) is 0 Å². The molecule has 0 saturated carbocycles. The number of likely N-dealkylation sites (N-methyl/N-ethyl adjacent to an activating group) is 1. The highest BCUT2D eigenvalue weighted by molar-refractivity contribution is 5.86. The van der Waals surface area contributed by atoms with Crippen molar-refractivity contribution in [3.8, 4) is 0 Å². The molecule has 0 rings (SSSR count). The maximum absolute atomic E-state index is 11.8. The molecule has 4 N–H and O–H groups in total. The fourth-order valence-electron chi connectivity index (χ4n) is 2.22. The van der Waals surface area contributed by atoms with Gasteiger partial charge in [-0.1, -0.05) is 58.4 Å². The van der Waals surface area contributed by atoms with Crippen LogP contribution in [-0.4, -0.2) is 49.4 Å². The Morgan fingerprint density at radius 1 is 0.909 bits per heavy atom. The van der Waals surface area contributed by atoms with Crippen molar-refractivity contribution in [3.63, 3.8) is 0 Å². The van der Waals surface area contributed by atoms with Gasteiger partial charge < -0.3 is 9.80 Å². The summed E-state index contributed by atoms with van der Waals surface area (Å²) >= 11 is 0. The van der Waals surface area contributed by atoms with Crippen molar-refractivity contribution in [1.29, 1.82) is 0 Å². The fraction of sp³-hybridized carbons (Fsp3) is 0.824. The van der Waals surface area contributed by atoms with Gasteiger partial charge in [0.15, 0.2) is 0 Å². The number of unbranched alkanes of at least 4 members (excludes halogenated alkanes) is 7. The largest absolute Gasteiger partial charge is 0.338 e. The van der Waals surface area contributed by atoms with Crippen LogP contribution in [0.1, 0.15) is 58.3 Å². The monoisotopic (exact) mass is 314 g/mol. The van der Waals surface area contributed by atoms with Crippen molar-refractivity contribution in [2.45, 2.75) is 58.3 Å². The van der Waals surface area contributed by atoms with Crippen molar-refractivity contribution >= 4 is 5.91 Å². The minimum absolute atomic E-state index is 0.0646. The molecule has 0 spiro atoms. The first kappa shape index (κ1) is 23.4. The number of hydrazine groups is 1. The first-order valence-corrected chi connectivity index (χ1v) is 8.51. The number of carbonyl (C=O) groups excluding carboxylic acids is 1. The second-order valence-corrected chi connectivity index (χ2v) is 5.81. The molecule has 0 aliphatic carbocycles. The van der Waals surface area contributed by atoms with E-state index in [1.165, 1.54) is 51.0 Å². The van der Waals surface area contributed by atoms with Gasteiger partial charge in [-0.25, -0.2) is 0 Å². The summed E-state index contributed by atoms with van der Waals surface area (Å²) < 4.78 is 0. The van der Waals surface area contributed by atoms with E-state index in [0.717, 1.165) is 26.1 Å². The van der Waals surface area contributed by atoms with E-state index >= 15 is 0 Å². The van der Waals surface area contributed by atoms with Gasteiger partial charge in [-0.05, 0) is 26.6 Å². The SMILES string of the molecule is C=CC(=O)N(CCCCCCCCCC)CCN(C)C.NN. The third kappa shape index (κ3) is 15.5. The summed E-state index contributed by atoms with van der Waals surface area (Å²) in [5.41, 5.74) is 0. The minimum Gasteiger partial charge on any atom is -0.338 e. The molecular formula is C17H38N4O.